The molecule has 2 aliphatic rings. The topological polar surface area (TPSA) is 130 Å². The smallest absolute Gasteiger partial charge is 0.418 e. The largest absolute Gasteiger partial charge is 0.471 e. The number of fused-ring (bicyclic) bond motifs is 1. The number of imidazole rings is 1. The Kier molecular flexibility index (Phi) is 9.27. The SMILES string of the molecule is Cn1c(Nc2cc(CNC(=O)C3(O)CC3)ccc2C(F)(F)F)nc2cc(C(=O)N[C@H]3CC[C@H](C(F)(F)F)CC3)c(OCC(F)F)nc21. The van der Waals surface area contributed by atoms with Gasteiger partial charge in [-0.3, -0.25) is 14.2 Å². The highest BCUT2D eigenvalue weighted by Crippen LogP contribution is 2.39. The first-order valence-electron chi connectivity index (χ1n) is 14.6. The number of carbonyl (C=O) groups excluding carboxylic acids is 2. The summed E-state index contributed by atoms with van der Waals surface area (Å²) >= 11 is 0. The molecular formula is C29H30F8N6O4. The van der Waals surface area contributed by atoms with Crippen molar-refractivity contribution in [3.05, 3.63) is 41.0 Å². The Bertz CT molecular complexity index is 1650. The van der Waals surface area contributed by atoms with Crippen LogP contribution in [0.3, 0.4) is 0 Å². The van der Waals surface area contributed by atoms with Gasteiger partial charge in [-0.25, -0.2) is 13.8 Å². The highest BCUT2D eigenvalue weighted by Gasteiger charge is 2.48. The molecule has 3 aromatic rings. The van der Waals surface area contributed by atoms with Gasteiger partial charge < -0.3 is 25.8 Å². The van der Waals surface area contributed by atoms with E-state index >= 15 is 0 Å². The lowest BCUT2D eigenvalue weighted by atomic mass is 9.85. The zero-order valence-corrected chi connectivity index (χ0v) is 24.7. The van der Waals surface area contributed by atoms with Crippen molar-refractivity contribution in [3.63, 3.8) is 0 Å². The molecule has 2 saturated carbocycles. The van der Waals surface area contributed by atoms with Crippen molar-refractivity contribution in [3.8, 4) is 5.88 Å². The Balaban J connectivity index is 1.42. The maximum atomic E-state index is 13.9. The molecule has 0 bridgehead atoms. The average Bonchev–Trinajstić information content (AvgIpc) is 3.68. The Morgan fingerprint density at radius 1 is 1.06 bits per heavy atom. The van der Waals surface area contributed by atoms with Gasteiger partial charge in [0.25, 0.3) is 18.2 Å². The number of pyridine rings is 1. The number of aromatic nitrogens is 3. The van der Waals surface area contributed by atoms with Gasteiger partial charge in [0.2, 0.25) is 11.8 Å². The molecule has 2 fully saturated rings. The third-order valence-corrected chi connectivity index (χ3v) is 8.16. The van der Waals surface area contributed by atoms with Gasteiger partial charge in [0, 0.05) is 19.6 Å². The molecule has 0 aliphatic heterocycles. The summed E-state index contributed by atoms with van der Waals surface area (Å²) in [6, 6.07) is 3.61. The Hall–Kier alpha value is -4.22. The summed E-state index contributed by atoms with van der Waals surface area (Å²) in [5.74, 6) is -3.71. The number of benzene rings is 1. The summed E-state index contributed by atoms with van der Waals surface area (Å²) in [6.07, 6.45) is -11.9. The second-order valence-corrected chi connectivity index (χ2v) is 11.7. The Morgan fingerprint density at radius 2 is 1.74 bits per heavy atom. The fraction of sp³-hybridized carbons (Fsp3) is 0.517. The fourth-order valence-corrected chi connectivity index (χ4v) is 5.31. The predicted octanol–water partition coefficient (Wildman–Crippen LogP) is 5.37. The molecule has 0 unspecified atom stereocenters. The summed E-state index contributed by atoms with van der Waals surface area (Å²) in [7, 11) is 1.37. The molecule has 4 N–H and O–H groups in total. The molecule has 0 saturated heterocycles. The van der Waals surface area contributed by atoms with Gasteiger partial charge in [-0.05, 0) is 62.3 Å². The van der Waals surface area contributed by atoms with Crippen molar-refractivity contribution in [2.45, 2.75) is 75.5 Å². The van der Waals surface area contributed by atoms with Crippen LogP contribution in [0.5, 0.6) is 5.88 Å². The highest BCUT2D eigenvalue weighted by molar-refractivity contribution is 5.99. The van der Waals surface area contributed by atoms with Crippen LogP contribution < -0.4 is 20.7 Å². The van der Waals surface area contributed by atoms with Crippen molar-refractivity contribution in [2.24, 2.45) is 13.0 Å². The minimum atomic E-state index is -4.81. The summed E-state index contributed by atoms with van der Waals surface area (Å²) in [5, 5.41) is 17.6. The van der Waals surface area contributed by atoms with Gasteiger partial charge >= 0.3 is 12.4 Å². The van der Waals surface area contributed by atoms with Crippen LogP contribution >= 0.6 is 0 Å². The zero-order valence-electron chi connectivity index (χ0n) is 24.7. The van der Waals surface area contributed by atoms with Crippen LogP contribution in [-0.2, 0) is 24.6 Å². The quantitative estimate of drug-likeness (QED) is 0.212. The second-order valence-electron chi connectivity index (χ2n) is 11.7. The van der Waals surface area contributed by atoms with Crippen molar-refractivity contribution in [1.82, 2.24) is 25.2 Å². The highest BCUT2D eigenvalue weighted by atomic mass is 19.4. The van der Waals surface area contributed by atoms with E-state index in [0.717, 1.165) is 24.3 Å². The number of hydrogen-bond donors (Lipinski definition) is 4. The molecule has 18 heteroatoms. The van der Waals surface area contributed by atoms with Crippen molar-refractivity contribution < 1.29 is 54.6 Å². The van der Waals surface area contributed by atoms with Gasteiger partial charge in [0.15, 0.2) is 12.3 Å². The Labute approximate surface area is 261 Å². The maximum Gasteiger partial charge on any atom is 0.418 e. The van der Waals surface area contributed by atoms with E-state index in [1.165, 1.54) is 11.6 Å². The number of rotatable bonds is 10. The molecule has 47 heavy (non-hydrogen) atoms. The summed E-state index contributed by atoms with van der Waals surface area (Å²) in [6.45, 7) is -1.33. The lowest BCUT2D eigenvalue weighted by Gasteiger charge is -2.30. The molecule has 0 radical (unpaired) electrons. The van der Waals surface area contributed by atoms with Crippen LogP contribution in [0.2, 0.25) is 0 Å². The number of carbonyl (C=O) groups is 2. The number of nitrogens with zero attached hydrogens (tertiary/aromatic N) is 3. The summed E-state index contributed by atoms with van der Waals surface area (Å²) < 4.78 is 113. The second kappa shape index (κ2) is 12.8. The molecule has 1 aromatic carbocycles. The number of amides is 2. The van der Waals surface area contributed by atoms with Crippen LogP contribution in [0.15, 0.2) is 24.3 Å². The zero-order chi connectivity index (χ0) is 34.3. The van der Waals surface area contributed by atoms with Crippen LogP contribution in [0.1, 0.15) is 60.0 Å². The van der Waals surface area contributed by atoms with E-state index in [1.54, 1.807) is 0 Å². The number of ether oxygens (including phenoxy) is 1. The summed E-state index contributed by atoms with van der Waals surface area (Å²) in [4.78, 5) is 33.7. The van der Waals surface area contributed by atoms with Crippen LogP contribution in [-0.4, -0.2) is 62.3 Å². The van der Waals surface area contributed by atoms with Crippen LogP contribution in [0, 0.1) is 5.92 Å². The lowest BCUT2D eigenvalue weighted by Crippen LogP contribution is -2.40. The molecule has 256 valence electrons. The fourth-order valence-electron chi connectivity index (χ4n) is 5.31. The number of nitrogens with one attached hydrogen (secondary N) is 3. The Morgan fingerprint density at radius 3 is 2.34 bits per heavy atom. The number of alkyl halides is 8. The van der Waals surface area contributed by atoms with Crippen molar-refractivity contribution >= 4 is 34.6 Å². The van der Waals surface area contributed by atoms with Gasteiger partial charge in [0.05, 0.1) is 17.2 Å². The molecule has 5 rings (SSSR count). The third kappa shape index (κ3) is 7.85. The van der Waals surface area contributed by atoms with Gasteiger partial charge in [0.1, 0.15) is 16.7 Å². The third-order valence-electron chi connectivity index (χ3n) is 8.16. The van der Waals surface area contributed by atoms with E-state index in [0.29, 0.717) is 0 Å². The lowest BCUT2D eigenvalue weighted by molar-refractivity contribution is -0.182. The van der Waals surface area contributed by atoms with E-state index in [2.05, 4.69) is 25.9 Å². The first kappa shape index (κ1) is 34.1. The number of aliphatic hydroxyl groups is 1. The number of hydrogen-bond acceptors (Lipinski definition) is 7. The van der Waals surface area contributed by atoms with Gasteiger partial charge in [-0.1, -0.05) is 6.07 Å². The number of aryl methyl sites for hydroxylation is 1. The molecule has 2 heterocycles. The maximum absolute atomic E-state index is 13.9. The van der Waals surface area contributed by atoms with Crippen LogP contribution in [0.4, 0.5) is 46.8 Å². The van der Waals surface area contributed by atoms with Crippen LogP contribution in [0.25, 0.3) is 11.2 Å². The standard InChI is InChI=1S/C29H30F8N6O4/c1-43-22-20(11-17(24(42-22)47-13-21(30)31)23(44)39-16-5-3-15(4-6-16)28(32,33)34)41-26(43)40-19-10-14(2-7-18(19)29(35,36)37)12-38-25(45)27(46)8-9-27/h2,7,10-11,15-16,21,46H,3-6,8-9,12-13H2,1H3,(H,38,45)(H,39,44)(H,40,41)/t15-,16-. The first-order valence-corrected chi connectivity index (χ1v) is 14.6. The van der Waals surface area contributed by atoms with Gasteiger partial charge in [-0.15, -0.1) is 0 Å². The molecule has 2 amide bonds. The average molecular weight is 679 g/mol. The molecule has 0 spiro atoms. The number of halogens is 8. The molecular weight excluding hydrogens is 648 g/mol. The summed E-state index contributed by atoms with van der Waals surface area (Å²) in [5.41, 5.74) is -3.15. The monoisotopic (exact) mass is 678 g/mol. The van der Waals surface area contributed by atoms with E-state index in [9.17, 15) is 49.8 Å². The van der Waals surface area contributed by atoms with E-state index in [1.807, 2.05) is 0 Å². The molecule has 2 aliphatic carbocycles. The molecule has 2 aromatic heterocycles. The minimum Gasteiger partial charge on any atom is -0.471 e. The van der Waals surface area contributed by atoms with Gasteiger partial charge in [-0.2, -0.15) is 31.3 Å². The first-order chi connectivity index (χ1) is 21.9. The predicted molar refractivity (Wildman–Crippen MR) is 150 cm³/mol. The van der Waals surface area contributed by atoms with E-state index in [4.69, 9.17) is 4.74 Å². The minimum absolute atomic E-state index is 0.0278. The van der Waals surface area contributed by atoms with Crippen molar-refractivity contribution in [2.75, 3.05) is 11.9 Å². The van der Waals surface area contributed by atoms with E-state index < -0.39 is 71.9 Å². The number of anilines is 2. The normalized spacial score (nSPS) is 19.5. The molecule has 10 nitrogen and oxygen atoms in total. The van der Waals surface area contributed by atoms with Crippen molar-refractivity contribution in [1.29, 1.82) is 0 Å². The molecule has 0 atom stereocenters. The van der Waals surface area contributed by atoms with E-state index in [-0.39, 0.29) is 73.3 Å².